The van der Waals surface area contributed by atoms with Crippen LogP contribution < -0.4 is 5.56 Å². The number of methoxy groups -OCH3 is 2. The molecule has 2 bridgehead atoms. The summed E-state index contributed by atoms with van der Waals surface area (Å²) in [5.74, 6) is -1.21. The topological polar surface area (TPSA) is 113 Å². The molecule has 1 amide bonds. The van der Waals surface area contributed by atoms with Gasteiger partial charge in [0.2, 0.25) is 0 Å². The molecule has 28 heavy (non-hydrogen) atoms. The predicted octanol–water partition coefficient (Wildman–Crippen LogP) is -0.0659. The number of carbonyl (C=O) groups is 3. The highest BCUT2D eigenvalue weighted by atomic mass is 17.2. The van der Waals surface area contributed by atoms with Gasteiger partial charge in [0.05, 0.1) is 14.2 Å². The molecule has 0 saturated carbocycles. The summed E-state index contributed by atoms with van der Waals surface area (Å²) in [4.78, 5) is 56.1. The fourth-order valence-electron chi connectivity index (χ4n) is 2.55. The Morgan fingerprint density at radius 2 is 1.79 bits per heavy atom. The second kappa shape index (κ2) is 8.81. The van der Waals surface area contributed by atoms with Gasteiger partial charge in [-0.3, -0.25) is 24.1 Å². The minimum absolute atomic E-state index is 0.0258. The van der Waals surface area contributed by atoms with E-state index in [1.165, 1.54) is 29.8 Å². The maximum Gasteiger partial charge on any atom is 0.325 e. The fourth-order valence-corrected chi connectivity index (χ4v) is 2.55. The first kappa shape index (κ1) is 21.3. The van der Waals surface area contributed by atoms with Crippen LogP contribution >= 0.6 is 0 Å². The smallest absolute Gasteiger partial charge is 0.325 e. The van der Waals surface area contributed by atoms with E-state index in [0.29, 0.717) is 0 Å². The Hall–Kier alpha value is -2.98. The Labute approximate surface area is 161 Å². The average molecular weight is 394 g/mol. The highest BCUT2D eigenvalue weighted by molar-refractivity contribution is 5.88. The molecule has 3 aliphatic rings. The van der Waals surface area contributed by atoms with Crippen LogP contribution in [0.15, 0.2) is 35.1 Å². The number of esters is 2. The third kappa shape index (κ3) is 4.65. The van der Waals surface area contributed by atoms with Gasteiger partial charge in [0.1, 0.15) is 13.1 Å². The Kier molecular flexibility index (Phi) is 6.71. The first-order chi connectivity index (χ1) is 13.2. The number of fused-ring (bicyclic) bond motifs is 2. The van der Waals surface area contributed by atoms with Gasteiger partial charge < -0.3 is 14.0 Å². The van der Waals surface area contributed by atoms with E-state index in [0.717, 1.165) is 5.69 Å². The third-order valence-corrected chi connectivity index (χ3v) is 4.24. The fraction of sp³-hybridized carbons (Fsp3) is 0.444. The highest BCUT2D eigenvalue weighted by Gasteiger charge is 2.48. The zero-order valence-corrected chi connectivity index (χ0v) is 16.0. The molecule has 1 aromatic heterocycles. The monoisotopic (exact) mass is 394 g/mol. The van der Waals surface area contributed by atoms with Crippen LogP contribution in [-0.4, -0.2) is 59.9 Å². The van der Waals surface area contributed by atoms with Crippen LogP contribution in [0, 0.1) is 6.92 Å². The molecule has 0 N–H and O–H groups in total. The molecule has 0 radical (unpaired) electrons. The maximum atomic E-state index is 11.7. The number of amides is 1. The predicted molar refractivity (Wildman–Crippen MR) is 94.7 cm³/mol. The van der Waals surface area contributed by atoms with Gasteiger partial charge in [0, 0.05) is 11.8 Å². The van der Waals surface area contributed by atoms with E-state index in [-0.39, 0.29) is 24.6 Å². The first-order valence-corrected chi connectivity index (χ1v) is 8.37. The van der Waals surface area contributed by atoms with Crippen LogP contribution in [0.1, 0.15) is 12.6 Å². The van der Waals surface area contributed by atoms with Crippen molar-refractivity contribution < 1.29 is 33.6 Å². The van der Waals surface area contributed by atoms with Gasteiger partial charge in [0.15, 0.2) is 11.8 Å². The largest absolute Gasteiger partial charge is 0.468 e. The molecule has 0 aromatic carbocycles. The van der Waals surface area contributed by atoms with Gasteiger partial charge >= 0.3 is 11.9 Å². The van der Waals surface area contributed by atoms with Crippen molar-refractivity contribution in [3.63, 3.8) is 0 Å². The summed E-state index contributed by atoms with van der Waals surface area (Å²) >= 11 is 0. The van der Waals surface area contributed by atoms with Crippen LogP contribution in [-0.2, 0) is 40.2 Å². The molecule has 10 heteroatoms. The van der Waals surface area contributed by atoms with Gasteiger partial charge in [0.25, 0.3) is 11.5 Å². The summed E-state index contributed by atoms with van der Waals surface area (Å²) in [7, 11) is 2.57. The summed E-state index contributed by atoms with van der Waals surface area (Å²) in [6.45, 7) is 3.24. The van der Waals surface area contributed by atoms with Crippen molar-refractivity contribution in [2.24, 2.45) is 0 Å². The summed E-state index contributed by atoms with van der Waals surface area (Å²) in [5.41, 5.74) is -0.455. The first-order valence-electron chi connectivity index (χ1n) is 8.37. The van der Waals surface area contributed by atoms with E-state index in [2.05, 4.69) is 9.47 Å². The number of pyridine rings is 1. The van der Waals surface area contributed by atoms with E-state index in [4.69, 9.17) is 9.78 Å². The molecule has 2 atom stereocenters. The zero-order valence-electron chi connectivity index (χ0n) is 16.0. The Morgan fingerprint density at radius 3 is 2.29 bits per heavy atom. The molecule has 2 unspecified atom stereocenters. The molecule has 152 valence electrons. The number of carbonyl (C=O) groups excluding carboxylic acids is 3. The van der Waals surface area contributed by atoms with Crippen molar-refractivity contribution in [2.45, 2.75) is 32.2 Å². The van der Waals surface area contributed by atoms with Crippen LogP contribution in [0.5, 0.6) is 0 Å². The SMILES string of the molecule is COC(=O)CN1C(=O)C2C=CC1(C)OO2.COC(=O)Cn1c(C)cccc1=O. The summed E-state index contributed by atoms with van der Waals surface area (Å²) < 4.78 is 10.3. The molecule has 1 fully saturated rings. The molecular weight excluding hydrogens is 372 g/mol. The number of aryl methyl sites for hydroxylation is 1. The quantitative estimate of drug-likeness (QED) is 0.396. The third-order valence-electron chi connectivity index (χ3n) is 4.24. The minimum Gasteiger partial charge on any atom is -0.468 e. The molecule has 3 aliphatic heterocycles. The lowest BCUT2D eigenvalue weighted by molar-refractivity contribution is -0.409. The number of aromatic nitrogens is 1. The van der Waals surface area contributed by atoms with Gasteiger partial charge in [-0.1, -0.05) is 6.07 Å². The van der Waals surface area contributed by atoms with Crippen molar-refractivity contribution >= 4 is 17.8 Å². The van der Waals surface area contributed by atoms with E-state index in [1.807, 2.05) is 0 Å². The summed E-state index contributed by atoms with van der Waals surface area (Å²) in [6.07, 6.45) is 2.54. The molecule has 4 heterocycles. The molecule has 0 aliphatic carbocycles. The Morgan fingerprint density at radius 1 is 1.14 bits per heavy atom. The van der Waals surface area contributed by atoms with E-state index in [1.54, 1.807) is 38.1 Å². The Bertz CT molecular complexity index is 846. The molecule has 4 rings (SSSR count). The molecule has 1 aromatic rings. The second-order valence-corrected chi connectivity index (χ2v) is 6.18. The number of hydrogen-bond donors (Lipinski definition) is 0. The van der Waals surface area contributed by atoms with Crippen LogP contribution in [0.2, 0.25) is 0 Å². The van der Waals surface area contributed by atoms with E-state index < -0.39 is 23.8 Å². The number of ether oxygens (including phenoxy) is 2. The maximum absolute atomic E-state index is 11.7. The van der Waals surface area contributed by atoms with E-state index >= 15 is 0 Å². The number of nitrogens with zero attached hydrogens (tertiary/aromatic N) is 2. The normalized spacial score (nSPS) is 22.4. The Balaban J connectivity index is 0.000000203. The van der Waals surface area contributed by atoms with Crippen LogP contribution in [0.25, 0.3) is 0 Å². The van der Waals surface area contributed by atoms with Gasteiger partial charge in [-0.25, -0.2) is 9.78 Å². The molecular formula is C18H22N2O8. The lowest BCUT2D eigenvalue weighted by Crippen LogP contribution is -2.62. The lowest BCUT2D eigenvalue weighted by atomic mass is 10.0. The van der Waals surface area contributed by atoms with E-state index in [9.17, 15) is 19.2 Å². The van der Waals surface area contributed by atoms with Gasteiger partial charge in [-0.15, -0.1) is 0 Å². The second-order valence-electron chi connectivity index (χ2n) is 6.18. The van der Waals surface area contributed by atoms with Crippen LogP contribution in [0.4, 0.5) is 0 Å². The zero-order chi connectivity index (χ0) is 20.9. The van der Waals surface area contributed by atoms with Crippen LogP contribution in [0.3, 0.4) is 0 Å². The van der Waals surface area contributed by atoms with Gasteiger partial charge in [-0.2, -0.15) is 0 Å². The summed E-state index contributed by atoms with van der Waals surface area (Å²) in [6, 6.07) is 4.84. The highest BCUT2D eigenvalue weighted by Crippen LogP contribution is 2.31. The standard InChI is InChI=1S/C9H11NO5.C9H11NO3/c1-9-4-3-6(14-15-9)8(12)10(9)5-7(11)13-2;1-7-4-3-5-8(11)10(7)6-9(12)13-2/h3-4,6H,5H2,1-2H3;3-5H,6H2,1-2H3. The molecule has 1 saturated heterocycles. The number of rotatable bonds is 4. The van der Waals surface area contributed by atoms with Crippen molar-refractivity contribution in [2.75, 3.05) is 20.8 Å². The number of hydrogen-bond acceptors (Lipinski definition) is 8. The lowest BCUT2D eigenvalue weighted by Gasteiger charge is -2.45. The molecule has 0 spiro atoms. The molecule has 10 nitrogen and oxygen atoms in total. The van der Waals surface area contributed by atoms with Crippen molar-refractivity contribution in [3.05, 3.63) is 46.4 Å². The average Bonchev–Trinajstić information content (AvgIpc) is 2.68. The van der Waals surface area contributed by atoms with Crippen molar-refractivity contribution in [3.8, 4) is 0 Å². The minimum atomic E-state index is -1.01. The van der Waals surface area contributed by atoms with Crippen molar-refractivity contribution in [1.29, 1.82) is 0 Å². The summed E-state index contributed by atoms with van der Waals surface area (Å²) in [5, 5.41) is 0. The van der Waals surface area contributed by atoms with Gasteiger partial charge in [-0.05, 0) is 32.1 Å². The van der Waals surface area contributed by atoms with Crippen molar-refractivity contribution in [1.82, 2.24) is 9.47 Å².